The predicted molar refractivity (Wildman–Crippen MR) is 57.8 cm³/mol. The number of ether oxygens (including phenoxy) is 1. The fraction of sp³-hybridized carbons (Fsp3) is 0.545. The van der Waals surface area contributed by atoms with Crippen LogP contribution in [-0.2, 0) is 16.1 Å². The number of hydrogen-bond donors (Lipinski definition) is 2. The van der Waals surface area contributed by atoms with Gasteiger partial charge < -0.3 is 19.8 Å². The highest BCUT2D eigenvalue weighted by molar-refractivity contribution is 5.82. The second-order valence-corrected chi connectivity index (χ2v) is 3.80. The molecule has 0 saturated carbocycles. The molecule has 0 unspecified atom stereocenters. The molecule has 2 atom stereocenters. The average molecular weight is 224 g/mol. The van der Waals surface area contributed by atoms with E-state index >= 15 is 0 Å². The quantitative estimate of drug-likeness (QED) is 0.773. The van der Waals surface area contributed by atoms with Crippen molar-refractivity contribution in [3.63, 3.8) is 0 Å². The lowest BCUT2D eigenvalue weighted by molar-refractivity contribution is -0.129. The van der Waals surface area contributed by atoms with Crippen LogP contribution in [0.5, 0.6) is 0 Å². The summed E-state index contributed by atoms with van der Waals surface area (Å²) in [5, 5.41) is 5.94. The van der Waals surface area contributed by atoms with Gasteiger partial charge in [-0.3, -0.25) is 4.79 Å². The van der Waals surface area contributed by atoms with Crippen LogP contribution in [0.15, 0.2) is 22.8 Å². The van der Waals surface area contributed by atoms with Crippen molar-refractivity contribution in [1.29, 1.82) is 0 Å². The Bertz CT molecular complexity index is 337. The zero-order valence-corrected chi connectivity index (χ0v) is 9.23. The molecule has 88 valence electrons. The van der Waals surface area contributed by atoms with Gasteiger partial charge >= 0.3 is 0 Å². The van der Waals surface area contributed by atoms with E-state index in [1.54, 1.807) is 12.3 Å². The van der Waals surface area contributed by atoms with Gasteiger partial charge in [0.05, 0.1) is 25.5 Å². The first-order chi connectivity index (χ1) is 7.77. The Kier molecular flexibility index (Phi) is 3.58. The largest absolute Gasteiger partial charge is 0.467 e. The molecule has 1 fully saturated rings. The molecular weight excluding hydrogens is 208 g/mol. The second kappa shape index (κ2) is 5.14. The van der Waals surface area contributed by atoms with Crippen LogP contribution in [0.4, 0.5) is 0 Å². The molecule has 1 aliphatic rings. The molecule has 1 aromatic heterocycles. The van der Waals surface area contributed by atoms with Gasteiger partial charge in [0.15, 0.2) is 0 Å². The number of rotatable bonds is 3. The van der Waals surface area contributed by atoms with Gasteiger partial charge in [0.25, 0.3) is 0 Å². The Balaban J connectivity index is 1.83. The zero-order chi connectivity index (χ0) is 11.4. The van der Waals surface area contributed by atoms with Gasteiger partial charge in [-0.15, -0.1) is 0 Å². The molecule has 1 aliphatic heterocycles. The minimum Gasteiger partial charge on any atom is -0.467 e. The van der Waals surface area contributed by atoms with Crippen molar-refractivity contribution in [1.82, 2.24) is 10.6 Å². The van der Waals surface area contributed by atoms with Crippen molar-refractivity contribution in [2.24, 2.45) is 0 Å². The molecule has 0 aliphatic carbocycles. The number of amides is 1. The smallest absolute Gasteiger partial charge is 0.240 e. The van der Waals surface area contributed by atoms with Crippen molar-refractivity contribution in [3.8, 4) is 0 Å². The molecule has 5 nitrogen and oxygen atoms in total. The molecule has 5 heteroatoms. The lowest BCUT2D eigenvalue weighted by Crippen LogP contribution is -2.55. The van der Waals surface area contributed by atoms with E-state index in [4.69, 9.17) is 9.15 Å². The first-order valence-electron chi connectivity index (χ1n) is 5.42. The van der Waals surface area contributed by atoms with Gasteiger partial charge in [-0.2, -0.15) is 0 Å². The molecule has 2 N–H and O–H groups in total. The first-order valence-corrected chi connectivity index (χ1v) is 5.42. The molecule has 2 heterocycles. The van der Waals surface area contributed by atoms with E-state index in [1.165, 1.54) is 0 Å². The first kappa shape index (κ1) is 11.2. The van der Waals surface area contributed by atoms with Gasteiger partial charge in [0.2, 0.25) is 5.91 Å². The van der Waals surface area contributed by atoms with Gasteiger partial charge in [0, 0.05) is 6.54 Å². The van der Waals surface area contributed by atoms with Gasteiger partial charge in [-0.1, -0.05) is 0 Å². The predicted octanol–water partition coefficient (Wildman–Crippen LogP) is 0.273. The molecule has 0 aromatic carbocycles. The Morgan fingerprint density at radius 1 is 1.69 bits per heavy atom. The summed E-state index contributed by atoms with van der Waals surface area (Å²) in [5.41, 5.74) is 0. The van der Waals surface area contributed by atoms with Crippen LogP contribution in [0.3, 0.4) is 0 Å². The van der Waals surface area contributed by atoms with Crippen LogP contribution >= 0.6 is 0 Å². The summed E-state index contributed by atoms with van der Waals surface area (Å²) in [6.07, 6.45) is 1.50. The molecule has 16 heavy (non-hydrogen) atoms. The fourth-order valence-corrected chi connectivity index (χ4v) is 1.72. The van der Waals surface area contributed by atoms with Gasteiger partial charge in [0.1, 0.15) is 11.8 Å². The Hall–Kier alpha value is -1.33. The molecule has 0 spiro atoms. The van der Waals surface area contributed by atoms with E-state index in [0.29, 0.717) is 19.7 Å². The molecule has 0 radical (unpaired) electrons. The maximum absolute atomic E-state index is 11.8. The molecular formula is C11H16N2O3. The Labute approximate surface area is 94.1 Å². The highest BCUT2D eigenvalue weighted by Gasteiger charge is 2.27. The highest BCUT2D eigenvalue weighted by atomic mass is 16.5. The summed E-state index contributed by atoms with van der Waals surface area (Å²) in [4.78, 5) is 11.8. The molecule has 0 bridgehead atoms. The van der Waals surface area contributed by atoms with Crippen LogP contribution in [0.1, 0.15) is 12.7 Å². The van der Waals surface area contributed by atoms with E-state index < -0.39 is 0 Å². The molecule has 1 aromatic rings. The third kappa shape index (κ3) is 2.62. The van der Waals surface area contributed by atoms with Crippen molar-refractivity contribution < 1.29 is 13.9 Å². The summed E-state index contributed by atoms with van der Waals surface area (Å²) in [5.74, 6) is 0.696. The summed E-state index contributed by atoms with van der Waals surface area (Å²) >= 11 is 0. The van der Waals surface area contributed by atoms with Crippen molar-refractivity contribution >= 4 is 5.91 Å². The SMILES string of the molecule is C[C@H]1OCCN[C@@H]1C(=O)NCc1ccco1. The van der Waals surface area contributed by atoms with Crippen molar-refractivity contribution in [3.05, 3.63) is 24.2 Å². The minimum atomic E-state index is -0.274. The summed E-state index contributed by atoms with van der Waals surface area (Å²) in [6.45, 7) is 3.67. The normalized spacial score (nSPS) is 25.3. The third-order valence-corrected chi connectivity index (χ3v) is 2.62. The topological polar surface area (TPSA) is 63.5 Å². The standard InChI is InChI=1S/C11H16N2O3/c1-8-10(12-4-6-15-8)11(14)13-7-9-3-2-5-16-9/h2-3,5,8,10,12H,4,6-7H2,1H3,(H,13,14)/t8-,10+/m1/s1. The summed E-state index contributed by atoms with van der Waals surface area (Å²) in [6, 6.07) is 3.35. The second-order valence-electron chi connectivity index (χ2n) is 3.80. The van der Waals surface area contributed by atoms with Crippen LogP contribution in [-0.4, -0.2) is 31.2 Å². The lowest BCUT2D eigenvalue weighted by atomic mass is 10.1. The average Bonchev–Trinajstić information content (AvgIpc) is 2.79. The number of carbonyl (C=O) groups excluding carboxylic acids is 1. The fourth-order valence-electron chi connectivity index (χ4n) is 1.72. The zero-order valence-electron chi connectivity index (χ0n) is 9.23. The molecule has 1 saturated heterocycles. The van der Waals surface area contributed by atoms with E-state index in [1.807, 2.05) is 13.0 Å². The number of nitrogens with one attached hydrogen (secondary N) is 2. The Morgan fingerprint density at radius 2 is 2.56 bits per heavy atom. The van der Waals surface area contributed by atoms with E-state index in [0.717, 1.165) is 5.76 Å². The van der Waals surface area contributed by atoms with Gasteiger partial charge in [-0.25, -0.2) is 0 Å². The summed E-state index contributed by atoms with van der Waals surface area (Å²) < 4.78 is 10.5. The van der Waals surface area contributed by atoms with Gasteiger partial charge in [-0.05, 0) is 19.1 Å². The Morgan fingerprint density at radius 3 is 3.25 bits per heavy atom. The molecule has 2 rings (SSSR count). The number of hydrogen-bond acceptors (Lipinski definition) is 4. The lowest BCUT2D eigenvalue weighted by Gasteiger charge is -2.29. The monoisotopic (exact) mass is 224 g/mol. The van der Waals surface area contributed by atoms with Crippen LogP contribution in [0, 0.1) is 0 Å². The molecule has 1 amide bonds. The van der Waals surface area contributed by atoms with Crippen LogP contribution in [0.25, 0.3) is 0 Å². The van der Waals surface area contributed by atoms with E-state index in [-0.39, 0.29) is 18.1 Å². The van der Waals surface area contributed by atoms with Crippen molar-refractivity contribution in [2.45, 2.75) is 25.6 Å². The number of furan rings is 1. The number of carbonyl (C=O) groups is 1. The van der Waals surface area contributed by atoms with E-state index in [9.17, 15) is 4.79 Å². The summed E-state index contributed by atoms with van der Waals surface area (Å²) in [7, 11) is 0. The minimum absolute atomic E-state index is 0.0522. The van der Waals surface area contributed by atoms with Crippen molar-refractivity contribution in [2.75, 3.05) is 13.2 Å². The van der Waals surface area contributed by atoms with Crippen LogP contribution < -0.4 is 10.6 Å². The number of morpholine rings is 1. The maximum atomic E-state index is 11.8. The third-order valence-electron chi connectivity index (χ3n) is 2.62. The van der Waals surface area contributed by atoms with E-state index in [2.05, 4.69) is 10.6 Å². The maximum Gasteiger partial charge on any atom is 0.240 e. The van der Waals surface area contributed by atoms with Crippen LogP contribution in [0.2, 0.25) is 0 Å². The highest BCUT2D eigenvalue weighted by Crippen LogP contribution is 2.05.